The van der Waals surface area contributed by atoms with Crippen LogP contribution < -0.4 is 21.6 Å². The highest BCUT2D eigenvalue weighted by Gasteiger charge is 2.39. The van der Waals surface area contributed by atoms with Crippen LogP contribution in [-0.2, 0) is 34.0 Å². The number of anilines is 1. The summed E-state index contributed by atoms with van der Waals surface area (Å²) in [5.74, 6) is -2.30. The molecule has 1 atom stereocenters. The van der Waals surface area contributed by atoms with Crippen LogP contribution in [-0.4, -0.2) is 80.7 Å². The number of amides is 3. The van der Waals surface area contributed by atoms with Gasteiger partial charge in [-0.3, -0.25) is 24.6 Å². The molecule has 5 rings (SSSR count). The first-order chi connectivity index (χ1) is 17.8. The number of morpholine rings is 1. The highest BCUT2D eigenvalue weighted by atomic mass is 19.1. The molecule has 3 heterocycles. The molecule has 4 radical (unpaired) electrons. The summed E-state index contributed by atoms with van der Waals surface area (Å²) in [6.07, 6.45) is 0.409. The number of carbonyl (C=O) groups is 3. The average Bonchev–Trinajstić information content (AvgIpc) is 3.23. The molecule has 2 fully saturated rings. The van der Waals surface area contributed by atoms with Crippen LogP contribution in [0.25, 0.3) is 0 Å². The van der Waals surface area contributed by atoms with E-state index in [-0.39, 0.29) is 60.0 Å². The third kappa shape index (κ3) is 4.71. The number of piperidine rings is 1. The molecular formula is C25H25B2FN4O5. The van der Waals surface area contributed by atoms with Crippen molar-refractivity contribution in [3.63, 3.8) is 0 Å². The predicted octanol–water partition coefficient (Wildman–Crippen LogP) is -0.676. The van der Waals surface area contributed by atoms with Gasteiger partial charge in [0.25, 0.3) is 5.91 Å². The number of benzene rings is 2. The highest BCUT2D eigenvalue weighted by molar-refractivity contribution is 6.41. The molecule has 9 nitrogen and oxygen atoms in total. The summed E-state index contributed by atoms with van der Waals surface area (Å²) in [5, 5.41) is 16.1. The molecule has 0 bridgehead atoms. The van der Waals surface area contributed by atoms with Gasteiger partial charge in [0.05, 0.1) is 13.2 Å². The quantitative estimate of drug-likeness (QED) is 0.355. The monoisotopic (exact) mass is 502 g/mol. The van der Waals surface area contributed by atoms with E-state index < -0.39 is 17.8 Å². The van der Waals surface area contributed by atoms with Gasteiger partial charge in [-0.1, -0.05) is 17.0 Å². The number of phenols is 1. The zero-order valence-electron chi connectivity index (χ0n) is 20.2. The molecular weight excluding hydrogens is 477 g/mol. The number of hydrogen-bond donors (Lipinski definition) is 3. The third-order valence-electron chi connectivity index (χ3n) is 7.22. The number of rotatable bonds is 6. The van der Waals surface area contributed by atoms with Gasteiger partial charge < -0.3 is 20.1 Å². The number of phenolic OH excluding ortho intramolecular Hbond substituents is 1. The van der Waals surface area contributed by atoms with Crippen molar-refractivity contribution in [2.24, 2.45) is 0 Å². The van der Waals surface area contributed by atoms with E-state index in [4.69, 9.17) is 20.4 Å². The van der Waals surface area contributed by atoms with Crippen LogP contribution in [0.2, 0.25) is 0 Å². The van der Waals surface area contributed by atoms with Crippen LogP contribution >= 0.6 is 0 Å². The maximum absolute atomic E-state index is 15.3. The van der Waals surface area contributed by atoms with Gasteiger partial charge in [-0.15, -0.1) is 0 Å². The van der Waals surface area contributed by atoms with E-state index in [0.717, 1.165) is 0 Å². The number of ether oxygens (including phenoxy) is 1. The van der Waals surface area contributed by atoms with Crippen molar-refractivity contribution in [2.45, 2.75) is 38.5 Å². The fourth-order valence-corrected chi connectivity index (χ4v) is 5.10. The summed E-state index contributed by atoms with van der Waals surface area (Å²) >= 11 is 0. The van der Waals surface area contributed by atoms with Gasteiger partial charge in [0.15, 0.2) is 0 Å². The fraction of sp³-hybridized carbons (Fsp3) is 0.400. The number of hydrogen-bond acceptors (Lipinski definition) is 7. The Morgan fingerprint density at radius 2 is 1.89 bits per heavy atom. The van der Waals surface area contributed by atoms with E-state index in [0.29, 0.717) is 55.2 Å². The topological polar surface area (TPSA) is 111 Å². The number of imide groups is 1. The zero-order chi connectivity index (χ0) is 26.3. The Morgan fingerprint density at radius 3 is 2.62 bits per heavy atom. The number of fused-ring (bicyclic) bond motifs is 1. The van der Waals surface area contributed by atoms with Crippen molar-refractivity contribution >= 4 is 50.0 Å². The van der Waals surface area contributed by atoms with Gasteiger partial charge >= 0.3 is 0 Å². The van der Waals surface area contributed by atoms with Gasteiger partial charge in [-0.05, 0) is 24.1 Å². The second-order valence-electron chi connectivity index (χ2n) is 9.42. The Bertz CT molecular complexity index is 1260. The smallest absolute Gasteiger partial charge is 0.255 e. The first-order valence-corrected chi connectivity index (χ1v) is 12.1. The fourth-order valence-electron chi connectivity index (χ4n) is 5.10. The van der Waals surface area contributed by atoms with Crippen molar-refractivity contribution in [2.75, 3.05) is 31.6 Å². The van der Waals surface area contributed by atoms with Crippen molar-refractivity contribution < 1.29 is 28.6 Å². The Morgan fingerprint density at radius 1 is 1.14 bits per heavy atom. The normalized spacial score (nSPS) is 20.2. The summed E-state index contributed by atoms with van der Waals surface area (Å²) in [6, 6.07) is 4.32. The largest absolute Gasteiger partial charge is 0.508 e. The molecule has 2 aromatic carbocycles. The molecule has 0 aromatic heterocycles. The molecule has 188 valence electrons. The predicted molar refractivity (Wildman–Crippen MR) is 135 cm³/mol. The maximum atomic E-state index is 15.3. The van der Waals surface area contributed by atoms with E-state index in [2.05, 4.69) is 10.6 Å². The number of nitrogens with zero attached hydrogens (tertiary/aromatic N) is 2. The molecule has 3 N–H and O–H groups in total. The summed E-state index contributed by atoms with van der Waals surface area (Å²) in [6.45, 7) is 2.73. The van der Waals surface area contributed by atoms with E-state index in [1.54, 1.807) is 18.2 Å². The van der Waals surface area contributed by atoms with Crippen LogP contribution in [0.5, 0.6) is 5.75 Å². The molecule has 3 aliphatic rings. The molecule has 3 amide bonds. The van der Waals surface area contributed by atoms with Crippen molar-refractivity contribution in [3.8, 4) is 5.75 Å². The van der Waals surface area contributed by atoms with Crippen LogP contribution in [0, 0.1) is 5.82 Å². The molecule has 0 spiro atoms. The lowest BCUT2D eigenvalue weighted by Crippen LogP contribution is -2.52. The summed E-state index contributed by atoms with van der Waals surface area (Å²) in [7, 11) is 12.3. The molecule has 2 aromatic rings. The Hall–Kier alpha value is -3.37. The van der Waals surface area contributed by atoms with Crippen molar-refractivity contribution in [1.29, 1.82) is 0 Å². The SMILES string of the molecule is [B]c1c(O)c(CNc2cccc3c2CN(C2CCC(=O)NC2=O)C3=O)c(F)c([B])c1CN1CCOCC1. The molecule has 1 unspecified atom stereocenters. The van der Waals surface area contributed by atoms with Gasteiger partial charge in [0.1, 0.15) is 33.3 Å². The lowest BCUT2D eigenvalue weighted by Gasteiger charge is -2.29. The number of nitrogens with one attached hydrogen (secondary N) is 2. The minimum absolute atomic E-state index is 0.0275. The van der Waals surface area contributed by atoms with Crippen LogP contribution in [0.4, 0.5) is 10.1 Å². The first-order valence-electron chi connectivity index (χ1n) is 12.1. The summed E-state index contributed by atoms with van der Waals surface area (Å²) in [4.78, 5) is 40.3. The van der Waals surface area contributed by atoms with Gasteiger partial charge in [-0.25, -0.2) is 4.39 Å². The van der Waals surface area contributed by atoms with Gasteiger partial charge in [0, 0.05) is 61.5 Å². The van der Waals surface area contributed by atoms with E-state index >= 15 is 4.39 Å². The zero-order valence-corrected chi connectivity index (χ0v) is 20.2. The Labute approximate surface area is 216 Å². The first kappa shape index (κ1) is 25.3. The minimum Gasteiger partial charge on any atom is -0.508 e. The molecule has 0 aliphatic carbocycles. The lowest BCUT2D eigenvalue weighted by atomic mass is 9.77. The molecule has 3 aliphatic heterocycles. The van der Waals surface area contributed by atoms with Crippen LogP contribution in [0.3, 0.4) is 0 Å². The third-order valence-corrected chi connectivity index (χ3v) is 7.22. The number of halogens is 1. The number of carbonyl (C=O) groups excluding carboxylic acids is 3. The van der Waals surface area contributed by atoms with Crippen molar-refractivity contribution in [3.05, 3.63) is 46.3 Å². The molecule has 2 saturated heterocycles. The summed E-state index contributed by atoms with van der Waals surface area (Å²) < 4.78 is 20.7. The highest BCUT2D eigenvalue weighted by Crippen LogP contribution is 2.33. The standard InChI is InChI=1S/C25H25B2FN4O5/c26-20-16(11-31-6-8-37-9-7-31)21(27)23(34)14(22(20)28)10-29-17-3-1-2-13-15(17)12-32(25(13)36)18-4-5-19(33)30-24(18)35/h1-3,18,29,34H,4-12H2,(H,30,33,35). The average molecular weight is 502 g/mol. The summed E-state index contributed by atoms with van der Waals surface area (Å²) in [5.41, 5.74) is 1.78. The molecule has 12 heteroatoms. The van der Waals surface area contributed by atoms with E-state index in [1.807, 2.05) is 4.90 Å². The van der Waals surface area contributed by atoms with Crippen LogP contribution in [0.15, 0.2) is 18.2 Å². The second-order valence-corrected chi connectivity index (χ2v) is 9.42. The van der Waals surface area contributed by atoms with Gasteiger partial charge in [-0.2, -0.15) is 0 Å². The number of aromatic hydroxyl groups is 1. The lowest BCUT2D eigenvalue weighted by molar-refractivity contribution is -0.136. The van der Waals surface area contributed by atoms with Crippen LogP contribution in [0.1, 0.15) is 39.9 Å². The Kier molecular flexibility index (Phi) is 6.96. The molecule has 0 saturated carbocycles. The minimum atomic E-state index is -0.753. The van der Waals surface area contributed by atoms with Crippen molar-refractivity contribution in [1.82, 2.24) is 15.1 Å². The van der Waals surface area contributed by atoms with E-state index in [9.17, 15) is 19.5 Å². The molecule has 37 heavy (non-hydrogen) atoms. The second kappa shape index (κ2) is 10.2. The van der Waals surface area contributed by atoms with E-state index in [1.165, 1.54) is 4.90 Å². The van der Waals surface area contributed by atoms with Gasteiger partial charge in [0.2, 0.25) is 11.8 Å². The Balaban J connectivity index is 1.35. The maximum Gasteiger partial charge on any atom is 0.255 e.